The van der Waals surface area contributed by atoms with Gasteiger partial charge in [0.15, 0.2) is 0 Å². The van der Waals surface area contributed by atoms with Gasteiger partial charge in [0.1, 0.15) is 6.54 Å². The van der Waals surface area contributed by atoms with Crippen LogP contribution in [0.5, 0.6) is 0 Å². The molecule has 6 nitrogen and oxygen atoms in total. The predicted octanol–water partition coefficient (Wildman–Crippen LogP) is 5.70. The van der Waals surface area contributed by atoms with Crippen LogP contribution in [-0.4, -0.2) is 41.1 Å². The molecule has 2 aromatic rings. The van der Waals surface area contributed by atoms with Crippen molar-refractivity contribution in [3.63, 3.8) is 0 Å². The second kappa shape index (κ2) is 8.95. The molecule has 34 heavy (non-hydrogen) atoms. The molecule has 1 N–H and O–H groups in total. The molecule has 4 rings (SSSR count). The highest BCUT2D eigenvalue weighted by molar-refractivity contribution is 8.18. The van der Waals surface area contributed by atoms with Crippen LogP contribution < -0.4 is 10.2 Å². The lowest BCUT2D eigenvalue weighted by Crippen LogP contribution is -2.45. The minimum atomic E-state index is -0.436. The molecular weight excluding hydrogens is 446 g/mol. The molecule has 0 radical (unpaired) electrons. The van der Waals surface area contributed by atoms with Crippen LogP contribution in [0.15, 0.2) is 41.3 Å². The number of anilines is 2. The first-order valence-electron chi connectivity index (χ1n) is 11.5. The van der Waals surface area contributed by atoms with Crippen molar-refractivity contribution in [2.75, 3.05) is 23.8 Å². The number of nitrogens with one attached hydrogen (secondary N) is 1. The van der Waals surface area contributed by atoms with Crippen molar-refractivity contribution < 1.29 is 14.4 Å². The second-order valence-electron chi connectivity index (χ2n) is 9.91. The number of aryl methyl sites for hydroxylation is 2. The summed E-state index contributed by atoms with van der Waals surface area (Å²) in [4.78, 5) is 41.6. The number of fused-ring (bicyclic) bond motifs is 1. The van der Waals surface area contributed by atoms with Crippen LogP contribution in [0.2, 0.25) is 0 Å². The lowest BCUT2D eigenvalue weighted by molar-refractivity contribution is -0.127. The van der Waals surface area contributed by atoms with Crippen molar-refractivity contribution in [1.82, 2.24) is 4.90 Å². The summed E-state index contributed by atoms with van der Waals surface area (Å²) < 4.78 is 0. The smallest absolute Gasteiger partial charge is 0.294 e. The van der Waals surface area contributed by atoms with E-state index in [-0.39, 0.29) is 12.1 Å². The highest BCUT2D eigenvalue weighted by atomic mass is 32.2. The van der Waals surface area contributed by atoms with Crippen molar-refractivity contribution in [3.8, 4) is 0 Å². The first kappa shape index (κ1) is 24.1. The maximum Gasteiger partial charge on any atom is 0.294 e. The minimum absolute atomic E-state index is 0.0778. The second-order valence-corrected chi connectivity index (χ2v) is 10.9. The Kier molecular flexibility index (Phi) is 6.34. The van der Waals surface area contributed by atoms with E-state index in [0.717, 1.165) is 39.8 Å². The van der Waals surface area contributed by atoms with Gasteiger partial charge in [-0.1, -0.05) is 19.1 Å². The average molecular weight is 478 g/mol. The summed E-state index contributed by atoms with van der Waals surface area (Å²) in [5.74, 6) is -0.451. The SMILES string of the molecule is Cc1ccc(NC(=O)CN2C(=O)S/C(=C/c3ccc4c(c3)C(C)CC(C)(C)N4C)C2=O)cc1C. The minimum Gasteiger partial charge on any atom is -0.369 e. The quantitative estimate of drug-likeness (QED) is 0.572. The van der Waals surface area contributed by atoms with Gasteiger partial charge in [0.2, 0.25) is 5.91 Å². The number of nitrogens with zero attached hydrogens (tertiary/aromatic N) is 2. The van der Waals surface area contributed by atoms with Gasteiger partial charge in [-0.3, -0.25) is 19.3 Å². The van der Waals surface area contributed by atoms with Crippen molar-refractivity contribution in [3.05, 3.63) is 63.6 Å². The first-order chi connectivity index (χ1) is 16.0. The number of imide groups is 1. The third kappa shape index (κ3) is 4.62. The van der Waals surface area contributed by atoms with Gasteiger partial charge in [-0.25, -0.2) is 0 Å². The summed E-state index contributed by atoms with van der Waals surface area (Å²) in [7, 11) is 2.11. The number of hydrogen-bond donors (Lipinski definition) is 1. The van der Waals surface area contributed by atoms with E-state index >= 15 is 0 Å². The predicted molar refractivity (Wildman–Crippen MR) is 139 cm³/mol. The van der Waals surface area contributed by atoms with Crippen LogP contribution in [-0.2, 0) is 9.59 Å². The molecule has 0 aliphatic carbocycles. The Morgan fingerprint density at radius 3 is 2.59 bits per heavy atom. The lowest BCUT2D eigenvalue weighted by Gasteiger charge is -2.45. The highest BCUT2D eigenvalue weighted by Gasteiger charge is 2.37. The molecule has 0 saturated carbocycles. The Morgan fingerprint density at radius 2 is 1.88 bits per heavy atom. The fraction of sp³-hybridized carbons (Fsp3) is 0.370. The molecule has 0 bridgehead atoms. The first-order valence-corrected chi connectivity index (χ1v) is 12.3. The number of benzene rings is 2. The maximum absolute atomic E-state index is 12.9. The zero-order valence-electron chi connectivity index (χ0n) is 20.6. The molecular formula is C27H31N3O3S. The zero-order chi connectivity index (χ0) is 24.8. The monoisotopic (exact) mass is 477 g/mol. The van der Waals surface area contributed by atoms with Gasteiger partial charge in [0.05, 0.1) is 4.91 Å². The molecule has 1 unspecified atom stereocenters. The van der Waals surface area contributed by atoms with Gasteiger partial charge >= 0.3 is 0 Å². The zero-order valence-corrected chi connectivity index (χ0v) is 21.4. The van der Waals surface area contributed by atoms with E-state index in [0.29, 0.717) is 16.5 Å². The van der Waals surface area contributed by atoms with Gasteiger partial charge in [0.25, 0.3) is 11.1 Å². The number of thioether (sulfide) groups is 1. The molecule has 0 spiro atoms. The van der Waals surface area contributed by atoms with Gasteiger partial charge in [-0.05, 0) is 104 Å². The van der Waals surface area contributed by atoms with Gasteiger partial charge in [-0.15, -0.1) is 0 Å². The summed E-state index contributed by atoms with van der Waals surface area (Å²) in [5, 5.41) is 2.34. The molecule has 0 aromatic heterocycles. The summed E-state index contributed by atoms with van der Waals surface area (Å²) >= 11 is 0.876. The normalized spacial score (nSPS) is 20.6. The molecule has 2 aliphatic rings. The van der Waals surface area contributed by atoms with E-state index in [9.17, 15) is 14.4 Å². The molecule has 3 amide bonds. The largest absolute Gasteiger partial charge is 0.369 e. The Bertz CT molecular complexity index is 1220. The number of rotatable bonds is 4. The average Bonchev–Trinajstić information content (AvgIpc) is 3.02. The van der Waals surface area contributed by atoms with Crippen LogP contribution in [0.4, 0.5) is 16.2 Å². The fourth-order valence-electron chi connectivity index (χ4n) is 4.64. The molecule has 1 saturated heterocycles. The van der Waals surface area contributed by atoms with Crippen molar-refractivity contribution in [1.29, 1.82) is 0 Å². The van der Waals surface area contributed by atoms with E-state index < -0.39 is 17.1 Å². The van der Waals surface area contributed by atoms with Gasteiger partial charge < -0.3 is 10.2 Å². The van der Waals surface area contributed by atoms with Crippen LogP contribution in [0.1, 0.15) is 55.4 Å². The van der Waals surface area contributed by atoms with Crippen molar-refractivity contribution in [2.45, 2.75) is 52.5 Å². The fourth-order valence-corrected chi connectivity index (χ4v) is 5.47. The summed E-state index contributed by atoms with van der Waals surface area (Å²) in [5.41, 5.74) is 6.21. The molecule has 1 atom stereocenters. The van der Waals surface area contributed by atoms with Gasteiger partial charge in [0, 0.05) is 24.0 Å². The highest BCUT2D eigenvalue weighted by Crippen LogP contribution is 2.43. The molecule has 178 valence electrons. The lowest BCUT2D eigenvalue weighted by atomic mass is 9.80. The summed E-state index contributed by atoms with van der Waals surface area (Å²) in [6.07, 6.45) is 2.78. The topological polar surface area (TPSA) is 69.7 Å². The van der Waals surface area contributed by atoms with Crippen molar-refractivity contribution in [2.24, 2.45) is 0 Å². The summed E-state index contributed by atoms with van der Waals surface area (Å²) in [6.45, 7) is 10.4. The van der Waals surface area contributed by atoms with Crippen LogP contribution in [0.25, 0.3) is 6.08 Å². The number of carbonyl (C=O) groups excluding carboxylic acids is 3. The Hall–Kier alpha value is -3.06. The molecule has 7 heteroatoms. The Balaban J connectivity index is 1.49. The van der Waals surface area contributed by atoms with Crippen LogP contribution in [0, 0.1) is 13.8 Å². The third-order valence-corrected chi connectivity index (χ3v) is 7.83. The van der Waals surface area contributed by atoms with E-state index in [1.807, 2.05) is 38.1 Å². The maximum atomic E-state index is 12.9. The Labute approximate surface area is 205 Å². The van der Waals surface area contributed by atoms with Gasteiger partial charge in [-0.2, -0.15) is 0 Å². The Morgan fingerprint density at radius 1 is 1.15 bits per heavy atom. The van der Waals surface area contributed by atoms with Crippen molar-refractivity contribution >= 4 is 46.3 Å². The molecule has 2 aliphatic heterocycles. The number of amides is 3. The number of hydrogen-bond acceptors (Lipinski definition) is 5. The van der Waals surface area contributed by atoms with Crippen LogP contribution >= 0.6 is 11.8 Å². The van der Waals surface area contributed by atoms with E-state index in [2.05, 4.69) is 50.2 Å². The standard InChI is InChI=1S/C27H31N3O3S/c1-16-7-9-20(11-17(16)2)28-24(31)15-30-25(32)23(34-26(30)33)13-19-8-10-22-21(12-19)18(3)14-27(4,5)29(22)6/h7-13,18H,14-15H2,1-6H3,(H,28,31)/b23-13+. The molecule has 2 aromatic carbocycles. The summed E-state index contributed by atoms with van der Waals surface area (Å²) in [6, 6.07) is 11.8. The van der Waals surface area contributed by atoms with E-state index in [4.69, 9.17) is 0 Å². The van der Waals surface area contributed by atoms with E-state index in [1.54, 1.807) is 6.08 Å². The number of carbonyl (C=O) groups is 3. The van der Waals surface area contributed by atoms with Crippen LogP contribution in [0.3, 0.4) is 0 Å². The molecule has 2 heterocycles. The van der Waals surface area contributed by atoms with E-state index in [1.165, 1.54) is 11.3 Å². The third-order valence-electron chi connectivity index (χ3n) is 6.92. The molecule has 1 fully saturated rings.